The molecule has 0 aliphatic carbocycles. The topological polar surface area (TPSA) is 44.9 Å². The number of rotatable bonds is 4. The molecular weight excluding hydrogens is 236 g/mol. The molecule has 90 valence electrons. The molecule has 2 rings (SSSR count). The summed E-state index contributed by atoms with van der Waals surface area (Å²) in [7, 11) is 0. The van der Waals surface area contributed by atoms with Crippen molar-refractivity contribution in [1.82, 2.24) is 10.3 Å². The standard InChI is InChI=1S/C13H15ClN2O/c1-2-3-6-15-13(17)11-8-16-12-7-9(14)4-5-10(11)12/h4-5,7-8,16H,2-3,6H2,1H3,(H,15,17). The molecule has 0 atom stereocenters. The molecule has 2 aromatic rings. The number of aromatic amines is 1. The first kappa shape index (κ1) is 12.0. The number of halogens is 1. The molecule has 1 aromatic heterocycles. The number of unbranched alkanes of at least 4 members (excludes halogenated alkanes) is 1. The Labute approximate surface area is 105 Å². The zero-order chi connectivity index (χ0) is 12.3. The molecule has 0 unspecified atom stereocenters. The molecule has 1 aromatic carbocycles. The van der Waals surface area contributed by atoms with Gasteiger partial charge in [-0.05, 0) is 18.6 Å². The lowest BCUT2D eigenvalue weighted by Gasteiger charge is -2.02. The highest BCUT2D eigenvalue weighted by atomic mass is 35.5. The second kappa shape index (κ2) is 5.23. The number of benzene rings is 1. The fourth-order valence-corrected chi connectivity index (χ4v) is 1.93. The van der Waals surface area contributed by atoms with Crippen molar-refractivity contribution < 1.29 is 4.79 Å². The van der Waals surface area contributed by atoms with Gasteiger partial charge < -0.3 is 10.3 Å². The van der Waals surface area contributed by atoms with Crippen molar-refractivity contribution in [2.75, 3.05) is 6.54 Å². The third kappa shape index (κ3) is 2.61. The summed E-state index contributed by atoms with van der Waals surface area (Å²) in [6, 6.07) is 5.48. The van der Waals surface area contributed by atoms with E-state index in [2.05, 4.69) is 17.2 Å². The minimum Gasteiger partial charge on any atom is -0.360 e. The van der Waals surface area contributed by atoms with E-state index < -0.39 is 0 Å². The van der Waals surface area contributed by atoms with Crippen molar-refractivity contribution >= 4 is 28.4 Å². The van der Waals surface area contributed by atoms with Crippen LogP contribution in [0.15, 0.2) is 24.4 Å². The number of hydrogen-bond acceptors (Lipinski definition) is 1. The van der Waals surface area contributed by atoms with Crippen LogP contribution in [0.1, 0.15) is 30.1 Å². The van der Waals surface area contributed by atoms with Crippen LogP contribution in [0.4, 0.5) is 0 Å². The summed E-state index contributed by atoms with van der Waals surface area (Å²) in [5.41, 5.74) is 1.56. The van der Waals surface area contributed by atoms with Crippen molar-refractivity contribution in [1.29, 1.82) is 0 Å². The average molecular weight is 251 g/mol. The molecule has 1 amide bonds. The van der Waals surface area contributed by atoms with Gasteiger partial charge in [0.15, 0.2) is 0 Å². The summed E-state index contributed by atoms with van der Waals surface area (Å²) in [6.45, 7) is 2.81. The van der Waals surface area contributed by atoms with Gasteiger partial charge in [-0.1, -0.05) is 31.0 Å². The molecule has 2 N–H and O–H groups in total. The number of hydrogen-bond donors (Lipinski definition) is 2. The van der Waals surface area contributed by atoms with Gasteiger partial charge in [0.1, 0.15) is 0 Å². The van der Waals surface area contributed by atoms with Gasteiger partial charge in [-0.3, -0.25) is 4.79 Å². The summed E-state index contributed by atoms with van der Waals surface area (Å²) in [5.74, 6) is -0.0352. The van der Waals surface area contributed by atoms with Crippen LogP contribution in [0.5, 0.6) is 0 Å². The van der Waals surface area contributed by atoms with E-state index in [4.69, 9.17) is 11.6 Å². The Morgan fingerprint density at radius 1 is 1.47 bits per heavy atom. The molecule has 0 saturated heterocycles. The second-order valence-electron chi connectivity index (χ2n) is 4.00. The fourth-order valence-electron chi connectivity index (χ4n) is 1.76. The van der Waals surface area contributed by atoms with E-state index in [1.807, 2.05) is 12.1 Å². The lowest BCUT2D eigenvalue weighted by atomic mass is 10.1. The molecule has 0 aliphatic rings. The van der Waals surface area contributed by atoms with Crippen LogP contribution >= 0.6 is 11.6 Å². The molecule has 0 spiro atoms. The van der Waals surface area contributed by atoms with E-state index in [0.717, 1.165) is 30.3 Å². The van der Waals surface area contributed by atoms with Gasteiger partial charge >= 0.3 is 0 Å². The monoisotopic (exact) mass is 250 g/mol. The highest BCUT2D eigenvalue weighted by Gasteiger charge is 2.11. The van der Waals surface area contributed by atoms with E-state index in [0.29, 0.717) is 10.6 Å². The number of carbonyl (C=O) groups is 1. The molecule has 0 saturated carbocycles. The zero-order valence-electron chi connectivity index (χ0n) is 9.72. The van der Waals surface area contributed by atoms with Gasteiger partial charge in [-0.25, -0.2) is 0 Å². The van der Waals surface area contributed by atoms with Crippen LogP contribution in [-0.2, 0) is 0 Å². The maximum Gasteiger partial charge on any atom is 0.253 e. The van der Waals surface area contributed by atoms with E-state index in [1.165, 1.54) is 0 Å². The average Bonchev–Trinajstić information content (AvgIpc) is 2.72. The van der Waals surface area contributed by atoms with Crippen molar-refractivity contribution in [3.8, 4) is 0 Å². The molecule has 0 bridgehead atoms. The Kier molecular flexibility index (Phi) is 3.69. The van der Waals surface area contributed by atoms with Crippen molar-refractivity contribution in [3.63, 3.8) is 0 Å². The molecule has 17 heavy (non-hydrogen) atoms. The highest BCUT2D eigenvalue weighted by molar-refractivity contribution is 6.31. The Balaban J connectivity index is 2.21. The first-order chi connectivity index (χ1) is 8.22. The minimum atomic E-state index is -0.0352. The van der Waals surface area contributed by atoms with Crippen LogP contribution in [0.3, 0.4) is 0 Å². The number of aromatic nitrogens is 1. The zero-order valence-corrected chi connectivity index (χ0v) is 10.5. The normalized spacial score (nSPS) is 10.7. The summed E-state index contributed by atoms with van der Waals surface area (Å²) in [4.78, 5) is 15.0. The summed E-state index contributed by atoms with van der Waals surface area (Å²) in [6.07, 6.45) is 3.80. The van der Waals surface area contributed by atoms with Crippen molar-refractivity contribution in [3.05, 3.63) is 35.0 Å². The van der Waals surface area contributed by atoms with E-state index in [1.54, 1.807) is 12.3 Å². The predicted molar refractivity (Wildman–Crippen MR) is 70.5 cm³/mol. The lowest BCUT2D eigenvalue weighted by molar-refractivity contribution is 0.0955. The summed E-state index contributed by atoms with van der Waals surface area (Å²) >= 11 is 5.89. The second-order valence-corrected chi connectivity index (χ2v) is 4.44. The minimum absolute atomic E-state index is 0.0352. The lowest BCUT2D eigenvalue weighted by Crippen LogP contribution is -2.23. The SMILES string of the molecule is CCCCNC(=O)c1c[nH]c2cc(Cl)ccc12. The molecular formula is C13H15ClN2O. The molecule has 1 heterocycles. The number of carbonyl (C=O) groups excluding carboxylic acids is 1. The van der Waals surface area contributed by atoms with Crippen LogP contribution in [0.25, 0.3) is 10.9 Å². The Hall–Kier alpha value is -1.48. The van der Waals surface area contributed by atoms with Gasteiger partial charge in [0.05, 0.1) is 5.56 Å². The molecule has 0 radical (unpaired) electrons. The van der Waals surface area contributed by atoms with Crippen molar-refractivity contribution in [2.45, 2.75) is 19.8 Å². The number of nitrogens with one attached hydrogen (secondary N) is 2. The third-order valence-electron chi connectivity index (χ3n) is 2.70. The summed E-state index contributed by atoms with van der Waals surface area (Å²) < 4.78 is 0. The maximum absolute atomic E-state index is 11.9. The third-order valence-corrected chi connectivity index (χ3v) is 2.94. The van der Waals surface area contributed by atoms with Crippen molar-refractivity contribution in [2.24, 2.45) is 0 Å². The predicted octanol–water partition coefficient (Wildman–Crippen LogP) is 3.35. The van der Waals surface area contributed by atoms with Gasteiger partial charge in [0.25, 0.3) is 5.91 Å². The molecule has 0 aliphatic heterocycles. The highest BCUT2D eigenvalue weighted by Crippen LogP contribution is 2.21. The maximum atomic E-state index is 11.9. The van der Waals surface area contributed by atoms with Gasteiger partial charge in [-0.15, -0.1) is 0 Å². The van der Waals surface area contributed by atoms with E-state index in [-0.39, 0.29) is 5.91 Å². The number of amides is 1. The smallest absolute Gasteiger partial charge is 0.253 e. The van der Waals surface area contributed by atoms with Gasteiger partial charge in [0, 0.05) is 28.7 Å². The number of fused-ring (bicyclic) bond motifs is 1. The largest absolute Gasteiger partial charge is 0.360 e. The van der Waals surface area contributed by atoms with Crippen LogP contribution in [-0.4, -0.2) is 17.4 Å². The van der Waals surface area contributed by atoms with Gasteiger partial charge in [-0.2, -0.15) is 0 Å². The molecule has 3 nitrogen and oxygen atoms in total. The first-order valence-electron chi connectivity index (χ1n) is 5.77. The van der Waals surface area contributed by atoms with Crippen LogP contribution in [0, 0.1) is 0 Å². The Morgan fingerprint density at radius 3 is 3.06 bits per heavy atom. The molecule has 0 fully saturated rings. The van der Waals surface area contributed by atoms with E-state index in [9.17, 15) is 4.79 Å². The van der Waals surface area contributed by atoms with Crippen LogP contribution < -0.4 is 5.32 Å². The molecule has 4 heteroatoms. The first-order valence-corrected chi connectivity index (χ1v) is 6.15. The summed E-state index contributed by atoms with van der Waals surface area (Å²) in [5, 5.41) is 4.47. The fraction of sp³-hybridized carbons (Fsp3) is 0.308. The van der Waals surface area contributed by atoms with Gasteiger partial charge in [0.2, 0.25) is 0 Å². The quantitative estimate of drug-likeness (QED) is 0.803. The Bertz CT molecular complexity index is 533. The van der Waals surface area contributed by atoms with E-state index >= 15 is 0 Å². The Morgan fingerprint density at radius 2 is 2.29 bits per heavy atom. The number of H-pyrrole nitrogens is 1. The van der Waals surface area contributed by atoms with Crippen LogP contribution in [0.2, 0.25) is 5.02 Å².